The van der Waals surface area contributed by atoms with Crippen LogP contribution in [0.15, 0.2) is 28.1 Å². The van der Waals surface area contributed by atoms with Crippen molar-refractivity contribution in [1.29, 1.82) is 0 Å². The molecule has 0 bridgehead atoms. The van der Waals surface area contributed by atoms with Crippen molar-refractivity contribution in [3.63, 3.8) is 0 Å². The Morgan fingerprint density at radius 1 is 1.60 bits per heavy atom. The second-order valence-corrected chi connectivity index (χ2v) is 5.63. The lowest BCUT2D eigenvalue weighted by atomic mass is 9.94. The zero-order valence-electron chi connectivity index (χ0n) is 11.1. The molecule has 1 aliphatic rings. The second-order valence-electron chi connectivity index (χ2n) is 4.84. The molecule has 0 spiro atoms. The van der Waals surface area contributed by atoms with E-state index in [1.165, 1.54) is 4.68 Å². The van der Waals surface area contributed by atoms with Gasteiger partial charge in [0.2, 0.25) is 0 Å². The number of hydrogen-bond acceptors (Lipinski definition) is 5. The van der Waals surface area contributed by atoms with Gasteiger partial charge >= 0.3 is 0 Å². The molecule has 1 saturated heterocycles. The van der Waals surface area contributed by atoms with Crippen LogP contribution in [0.2, 0.25) is 0 Å². The molecule has 1 aromatic rings. The Labute approximate surface area is 125 Å². The van der Waals surface area contributed by atoms with E-state index in [0.29, 0.717) is 49.3 Å². The number of allylic oxidation sites excluding steroid dienone is 1. The van der Waals surface area contributed by atoms with Crippen molar-refractivity contribution in [1.82, 2.24) is 9.78 Å². The first-order valence-electron chi connectivity index (χ1n) is 6.46. The maximum absolute atomic E-state index is 12.0. The van der Waals surface area contributed by atoms with Gasteiger partial charge in [0.1, 0.15) is 4.47 Å². The van der Waals surface area contributed by atoms with Crippen molar-refractivity contribution < 1.29 is 9.84 Å². The van der Waals surface area contributed by atoms with Gasteiger partial charge < -0.3 is 15.2 Å². The molecule has 0 unspecified atom stereocenters. The topological polar surface area (TPSA) is 76.4 Å². The molecular formula is C13H18BrN3O3. The molecule has 110 valence electrons. The average molecular weight is 344 g/mol. The third-order valence-electron chi connectivity index (χ3n) is 3.32. The molecule has 2 heterocycles. The van der Waals surface area contributed by atoms with Crippen molar-refractivity contribution in [2.45, 2.75) is 25.0 Å². The largest absolute Gasteiger partial charge is 0.388 e. The highest BCUT2D eigenvalue weighted by Gasteiger charge is 2.29. The summed E-state index contributed by atoms with van der Waals surface area (Å²) >= 11 is 3.27. The van der Waals surface area contributed by atoms with Crippen LogP contribution in [0.5, 0.6) is 0 Å². The number of hydrogen-bond donors (Lipinski definition) is 2. The molecule has 2 rings (SSSR count). The van der Waals surface area contributed by atoms with Gasteiger partial charge in [-0.1, -0.05) is 6.08 Å². The average Bonchev–Trinajstić information content (AvgIpc) is 2.44. The van der Waals surface area contributed by atoms with Gasteiger partial charge in [0.05, 0.1) is 24.0 Å². The third-order valence-corrected chi connectivity index (χ3v) is 4.08. The predicted molar refractivity (Wildman–Crippen MR) is 79.9 cm³/mol. The first-order chi connectivity index (χ1) is 9.56. The lowest BCUT2D eigenvalue weighted by molar-refractivity contribution is -0.0543. The fraction of sp³-hybridized carbons (Fsp3) is 0.538. The molecule has 2 N–H and O–H groups in total. The number of halogens is 1. The Hall–Kier alpha value is -1.18. The van der Waals surface area contributed by atoms with Gasteiger partial charge in [0, 0.05) is 32.6 Å². The summed E-state index contributed by atoms with van der Waals surface area (Å²) in [5.41, 5.74) is -0.447. The van der Waals surface area contributed by atoms with E-state index in [-0.39, 0.29) is 5.56 Å². The maximum Gasteiger partial charge on any atom is 0.283 e. The van der Waals surface area contributed by atoms with Crippen molar-refractivity contribution >= 4 is 21.6 Å². The standard InChI is InChI=1S/C13H18BrN3O3/c1-2-5-17-12(18)11(14)10(8-16-17)15-9-13(19)3-6-20-7-4-13/h2,8,15,19H,1,3-7,9H2. The Balaban J connectivity index is 2.08. The summed E-state index contributed by atoms with van der Waals surface area (Å²) in [5, 5.41) is 17.5. The van der Waals surface area contributed by atoms with E-state index in [2.05, 4.69) is 32.9 Å². The van der Waals surface area contributed by atoms with Crippen LogP contribution in [0, 0.1) is 0 Å². The zero-order valence-corrected chi connectivity index (χ0v) is 12.7. The Morgan fingerprint density at radius 3 is 2.95 bits per heavy atom. The molecule has 1 aliphatic heterocycles. The normalized spacial score (nSPS) is 17.7. The van der Waals surface area contributed by atoms with Gasteiger partial charge in [-0.05, 0) is 15.9 Å². The van der Waals surface area contributed by atoms with Gasteiger partial charge in [-0.15, -0.1) is 6.58 Å². The monoisotopic (exact) mass is 343 g/mol. The number of aliphatic hydroxyl groups is 1. The molecule has 0 amide bonds. The quantitative estimate of drug-likeness (QED) is 0.784. The first-order valence-corrected chi connectivity index (χ1v) is 7.25. The Kier molecular flexibility index (Phi) is 4.95. The molecule has 20 heavy (non-hydrogen) atoms. The Bertz CT molecular complexity index is 538. The van der Waals surface area contributed by atoms with Crippen LogP contribution < -0.4 is 10.9 Å². The minimum atomic E-state index is -0.798. The van der Waals surface area contributed by atoms with Crippen molar-refractivity contribution in [2.75, 3.05) is 25.1 Å². The molecule has 1 fully saturated rings. The van der Waals surface area contributed by atoms with Crippen molar-refractivity contribution in [2.24, 2.45) is 0 Å². The van der Waals surface area contributed by atoms with Gasteiger partial charge in [-0.3, -0.25) is 4.79 Å². The second kappa shape index (κ2) is 6.51. The van der Waals surface area contributed by atoms with Crippen LogP contribution in [0.4, 0.5) is 5.69 Å². The molecule has 0 saturated carbocycles. The number of nitrogens with zero attached hydrogens (tertiary/aromatic N) is 2. The van der Waals surface area contributed by atoms with E-state index in [9.17, 15) is 9.90 Å². The number of ether oxygens (including phenoxy) is 1. The van der Waals surface area contributed by atoms with E-state index in [4.69, 9.17) is 4.74 Å². The number of anilines is 1. The Morgan fingerprint density at radius 2 is 2.30 bits per heavy atom. The van der Waals surface area contributed by atoms with E-state index in [0.717, 1.165) is 0 Å². The fourth-order valence-corrected chi connectivity index (χ4v) is 2.48. The van der Waals surface area contributed by atoms with E-state index >= 15 is 0 Å². The van der Waals surface area contributed by atoms with Gasteiger partial charge in [0.15, 0.2) is 0 Å². The lowest BCUT2D eigenvalue weighted by Crippen LogP contribution is -2.42. The SMILES string of the molecule is C=CCn1ncc(NCC2(O)CCOCC2)c(Br)c1=O. The molecule has 0 aliphatic carbocycles. The molecule has 0 radical (unpaired) electrons. The van der Waals surface area contributed by atoms with Crippen molar-refractivity contribution in [3.8, 4) is 0 Å². The number of nitrogens with one attached hydrogen (secondary N) is 1. The highest BCUT2D eigenvalue weighted by atomic mass is 79.9. The predicted octanol–water partition coefficient (Wildman–Crippen LogP) is 1.15. The number of aromatic nitrogens is 2. The number of rotatable bonds is 5. The summed E-state index contributed by atoms with van der Waals surface area (Å²) in [5.74, 6) is 0. The van der Waals surface area contributed by atoms with Crippen LogP contribution in [0.1, 0.15) is 12.8 Å². The highest BCUT2D eigenvalue weighted by molar-refractivity contribution is 9.10. The minimum absolute atomic E-state index is 0.228. The van der Waals surface area contributed by atoms with E-state index in [1.807, 2.05) is 0 Å². The maximum atomic E-state index is 12.0. The van der Waals surface area contributed by atoms with E-state index < -0.39 is 5.60 Å². The highest BCUT2D eigenvalue weighted by Crippen LogP contribution is 2.23. The summed E-state index contributed by atoms with van der Waals surface area (Å²) in [4.78, 5) is 12.0. The van der Waals surface area contributed by atoms with Gasteiger partial charge in [-0.2, -0.15) is 5.10 Å². The fourth-order valence-electron chi connectivity index (χ4n) is 2.03. The van der Waals surface area contributed by atoms with Crippen molar-refractivity contribution in [3.05, 3.63) is 33.7 Å². The van der Waals surface area contributed by atoms with Crippen LogP contribution in [0.3, 0.4) is 0 Å². The van der Waals surface area contributed by atoms with Gasteiger partial charge in [0.25, 0.3) is 5.56 Å². The molecule has 1 aromatic heterocycles. The molecular weight excluding hydrogens is 326 g/mol. The summed E-state index contributed by atoms with van der Waals surface area (Å²) in [6, 6.07) is 0. The zero-order chi connectivity index (χ0) is 14.6. The molecule has 7 heteroatoms. The summed E-state index contributed by atoms with van der Waals surface area (Å²) in [7, 11) is 0. The molecule has 0 atom stereocenters. The van der Waals surface area contributed by atoms with Crippen LogP contribution in [-0.4, -0.2) is 40.2 Å². The smallest absolute Gasteiger partial charge is 0.283 e. The molecule has 0 aromatic carbocycles. The first kappa shape index (κ1) is 15.2. The van der Waals surface area contributed by atoms with Gasteiger partial charge in [-0.25, -0.2) is 4.68 Å². The lowest BCUT2D eigenvalue weighted by Gasteiger charge is -2.32. The van der Waals surface area contributed by atoms with Crippen LogP contribution >= 0.6 is 15.9 Å². The third kappa shape index (κ3) is 3.47. The van der Waals surface area contributed by atoms with E-state index in [1.54, 1.807) is 12.3 Å². The summed E-state index contributed by atoms with van der Waals surface area (Å²) in [6.07, 6.45) is 4.34. The minimum Gasteiger partial charge on any atom is -0.388 e. The van der Waals surface area contributed by atoms with Crippen LogP contribution in [0.25, 0.3) is 0 Å². The summed E-state index contributed by atoms with van der Waals surface area (Å²) in [6.45, 7) is 5.41. The molecule has 6 nitrogen and oxygen atoms in total. The van der Waals surface area contributed by atoms with Crippen LogP contribution in [-0.2, 0) is 11.3 Å². The summed E-state index contributed by atoms with van der Waals surface area (Å²) < 4.78 is 6.95.